The Morgan fingerprint density at radius 3 is 2.56 bits per heavy atom. The molecule has 0 saturated carbocycles. The number of likely N-dealkylation sites (tertiary alicyclic amines) is 1. The lowest BCUT2D eigenvalue weighted by Crippen LogP contribution is -2.45. The standard InChI is InChI=1S/C17H19FN4O3/c1-11-20-15(21-25-11)10-19-17(24)22-8-6-13(7-9-22)16(23)12-2-4-14(18)5-3-12/h2-5,13H,6-10H2,1H3,(H,19,24). The van der Waals surface area contributed by atoms with Crippen molar-refractivity contribution in [1.82, 2.24) is 20.4 Å². The summed E-state index contributed by atoms with van der Waals surface area (Å²) in [4.78, 5) is 30.3. The lowest BCUT2D eigenvalue weighted by molar-refractivity contribution is 0.0854. The number of Topliss-reactive ketones (excluding diaryl/α,β-unsaturated/α-hetero) is 1. The molecule has 1 saturated heterocycles. The largest absolute Gasteiger partial charge is 0.340 e. The van der Waals surface area contributed by atoms with Crippen LogP contribution in [0.25, 0.3) is 0 Å². The molecule has 1 aliphatic heterocycles. The molecule has 0 unspecified atom stereocenters. The molecule has 0 bridgehead atoms. The summed E-state index contributed by atoms with van der Waals surface area (Å²) in [6.45, 7) is 2.87. The third kappa shape index (κ3) is 4.20. The maximum Gasteiger partial charge on any atom is 0.317 e. The number of ketones is 1. The predicted molar refractivity (Wildman–Crippen MR) is 86.3 cm³/mol. The maximum atomic E-state index is 13.0. The molecule has 2 aromatic rings. The summed E-state index contributed by atoms with van der Waals surface area (Å²) >= 11 is 0. The topological polar surface area (TPSA) is 88.3 Å². The minimum absolute atomic E-state index is 0.00216. The molecule has 7 nitrogen and oxygen atoms in total. The molecule has 3 rings (SSSR count). The molecule has 0 atom stereocenters. The molecule has 1 aromatic heterocycles. The highest BCUT2D eigenvalue weighted by atomic mass is 19.1. The van der Waals surface area contributed by atoms with E-state index in [4.69, 9.17) is 4.52 Å². The molecule has 25 heavy (non-hydrogen) atoms. The summed E-state index contributed by atoms with van der Waals surface area (Å²) in [5, 5.41) is 6.46. The first kappa shape index (κ1) is 17.1. The van der Waals surface area contributed by atoms with Crippen LogP contribution in [0.1, 0.15) is 34.9 Å². The van der Waals surface area contributed by atoms with Gasteiger partial charge in [0.05, 0.1) is 6.54 Å². The van der Waals surface area contributed by atoms with Crippen LogP contribution in [-0.4, -0.2) is 39.9 Å². The summed E-state index contributed by atoms with van der Waals surface area (Å²) < 4.78 is 17.8. The number of nitrogens with one attached hydrogen (secondary N) is 1. The van der Waals surface area contributed by atoms with E-state index < -0.39 is 0 Å². The number of carbonyl (C=O) groups excluding carboxylic acids is 2. The fraction of sp³-hybridized carbons (Fsp3) is 0.412. The van der Waals surface area contributed by atoms with Gasteiger partial charge < -0.3 is 14.7 Å². The minimum atomic E-state index is -0.361. The zero-order chi connectivity index (χ0) is 17.8. The minimum Gasteiger partial charge on any atom is -0.340 e. The molecular formula is C17H19FN4O3. The van der Waals surface area contributed by atoms with Crippen molar-refractivity contribution in [2.24, 2.45) is 5.92 Å². The number of urea groups is 1. The van der Waals surface area contributed by atoms with E-state index in [9.17, 15) is 14.0 Å². The number of hydrogen-bond donors (Lipinski definition) is 1. The molecule has 0 radical (unpaired) electrons. The molecule has 1 N–H and O–H groups in total. The number of carbonyl (C=O) groups is 2. The van der Waals surface area contributed by atoms with Crippen molar-refractivity contribution >= 4 is 11.8 Å². The zero-order valence-corrected chi connectivity index (χ0v) is 13.9. The quantitative estimate of drug-likeness (QED) is 0.859. The van der Waals surface area contributed by atoms with Crippen molar-refractivity contribution in [2.45, 2.75) is 26.3 Å². The van der Waals surface area contributed by atoms with Crippen LogP contribution in [0.2, 0.25) is 0 Å². The summed E-state index contributed by atoms with van der Waals surface area (Å²) in [5.74, 6) is 0.369. The molecule has 0 spiro atoms. The fourth-order valence-electron chi connectivity index (χ4n) is 2.87. The van der Waals surface area contributed by atoms with Gasteiger partial charge in [0.15, 0.2) is 11.6 Å². The number of piperidine rings is 1. The molecule has 1 fully saturated rings. The highest BCUT2D eigenvalue weighted by Crippen LogP contribution is 2.22. The first-order valence-corrected chi connectivity index (χ1v) is 8.14. The predicted octanol–water partition coefficient (Wildman–Crippen LogP) is 2.32. The fourth-order valence-corrected chi connectivity index (χ4v) is 2.87. The van der Waals surface area contributed by atoms with Crippen molar-refractivity contribution in [3.63, 3.8) is 0 Å². The van der Waals surface area contributed by atoms with Gasteiger partial charge in [0, 0.05) is 31.5 Å². The van der Waals surface area contributed by atoms with Gasteiger partial charge in [-0.15, -0.1) is 0 Å². The van der Waals surface area contributed by atoms with E-state index in [2.05, 4.69) is 15.5 Å². The number of halogens is 1. The zero-order valence-electron chi connectivity index (χ0n) is 13.9. The number of amides is 2. The van der Waals surface area contributed by atoms with Gasteiger partial charge in [0.1, 0.15) is 5.82 Å². The lowest BCUT2D eigenvalue weighted by atomic mass is 9.89. The third-order valence-corrected chi connectivity index (χ3v) is 4.25. The Labute approximate surface area is 144 Å². The molecule has 1 aliphatic rings. The van der Waals surface area contributed by atoms with E-state index >= 15 is 0 Å². The van der Waals surface area contributed by atoms with E-state index in [0.29, 0.717) is 43.2 Å². The van der Waals surface area contributed by atoms with Gasteiger partial charge >= 0.3 is 6.03 Å². The van der Waals surface area contributed by atoms with Crippen LogP contribution >= 0.6 is 0 Å². The van der Waals surface area contributed by atoms with Crippen molar-refractivity contribution in [3.05, 3.63) is 47.4 Å². The van der Waals surface area contributed by atoms with Crippen molar-refractivity contribution < 1.29 is 18.5 Å². The first-order chi connectivity index (χ1) is 12.0. The molecule has 2 heterocycles. The number of aryl methyl sites for hydroxylation is 1. The Hall–Kier alpha value is -2.77. The Morgan fingerprint density at radius 2 is 1.96 bits per heavy atom. The molecule has 1 aromatic carbocycles. The number of nitrogens with zero attached hydrogens (tertiary/aromatic N) is 3. The average molecular weight is 346 g/mol. The van der Waals surface area contributed by atoms with Crippen molar-refractivity contribution in [3.8, 4) is 0 Å². The van der Waals surface area contributed by atoms with Crippen LogP contribution in [0.15, 0.2) is 28.8 Å². The monoisotopic (exact) mass is 346 g/mol. The third-order valence-electron chi connectivity index (χ3n) is 4.25. The van der Waals surface area contributed by atoms with Gasteiger partial charge in [0.2, 0.25) is 5.89 Å². The molecule has 0 aliphatic carbocycles. The summed E-state index contributed by atoms with van der Waals surface area (Å²) in [6, 6.07) is 5.37. The average Bonchev–Trinajstić information content (AvgIpc) is 3.05. The second kappa shape index (κ2) is 7.42. The summed E-state index contributed by atoms with van der Waals surface area (Å²) in [7, 11) is 0. The van der Waals surface area contributed by atoms with Gasteiger partial charge in [-0.25, -0.2) is 9.18 Å². The summed E-state index contributed by atoms with van der Waals surface area (Å²) in [5.41, 5.74) is 0.511. The van der Waals surface area contributed by atoms with Crippen LogP contribution in [0, 0.1) is 18.7 Å². The van der Waals surface area contributed by atoms with Crippen LogP contribution in [0.4, 0.5) is 9.18 Å². The second-order valence-electron chi connectivity index (χ2n) is 6.02. The highest BCUT2D eigenvalue weighted by Gasteiger charge is 2.28. The Balaban J connectivity index is 1.48. The Bertz CT molecular complexity index is 752. The number of aromatic nitrogens is 2. The van der Waals surface area contributed by atoms with E-state index in [-0.39, 0.29) is 30.1 Å². The molecule has 8 heteroatoms. The summed E-state index contributed by atoms with van der Waals surface area (Å²) in [6.07, 6.45) is 1.18. The Kier molecular flexibility index (Phi) is 5.06. The van der Waals surface area contributed by atoms with Gasteiger partial charge in [0.25, 0.3) is 0 Å². The smallest absolute Gasteiger partial charge is 0.317 e. The SMILES string of the molecule is Cc1nc(CNC(=O)N2CCC(C(=O)c3ccc(F)cc3)CC2)no1. The van der Waals surface area contributed by atoms with Crippen LogP contribution < -0.4 is 5.32 Å². The van der Waals surface area contributed by atoms with E-state index in [1.54, 1.807) is 11.8 Å². The first-order valence-electron chi connectivity index (χ1n) is 8.14. The van der Waals surface area contributed by atoms with Gasteiger partial charge in [-0.3, -0.25) is 4.79 Å². The number of rotatable bonds is 4. The van der Waals surface area contributed by atoms with E-state index in [1.807, 2.05) is 0 Å². The van der Waals surface area contributed by atoms with Gasteiger partial charge in [-0.1, -0.05) is 5.16 Å². The molecule has 132 valence electrons. The van der Waals surface area contributed by atoms with Gasteiger partial charge in [-0.2, -0.15) is 4.98 Å². The number of benzene rings is 1. The van der Waals surface area contributed by atoms with Crippen LogP contribution in [0.3, 0.4) is 0 Å². The Morgan fingerprint density at radius 1 is 1.28 bits per heavy atom. The van der Waals surface area contributed by atoms with Crippen molar-refractivity contribution in [2.75, 3.05) is 13.1 Å². The highest BCUT2D eigenvalue weighted by molar-refractivity contribution is 5.98. The van der Waals surface area contributed by atoms with Crippen LogP contribution in [0.5, 0.6) is 0 Å². The maximum absolute atomic E-state index is 13.0. The molecular weight excluding hydrogens is 327 g/mol. The lowest BCUT2D eigenvalue weighted by Gasteiger charge is -2.31. The number of hydrogen-bond acceptors (Lipinski definition) is 5. The van der Waals surface area contributed by atoms with Crippen LogP contribution in [-0.2, 0) is 6.54 Å². The van der Waals surface area contributed by atoms with E-state index in [0.717, 1.165) is 0 Å². The van der Waals surface area contributed by atoms with Crippen molar-refractivity contribution in [1.29, 1.82) is 0 Å². The second-order valence-corrected chi connectivity index (χ2v) is 6.02. The normalized spacial score (nSPS) is 15.2. The van der Waals surface area contributed by atoms with Gasteiger partial charge in [-0.05, 0) is 37.1 Å². The molecule has 2 amide bonds. The van der Waals surface area contributed by atoms with E-state index in [1.165, 1.54) is 24.3 Å².